The molecule has 2 aromatic carbocycles. The maximum absolute atomic E-state index is 13.5. The molecule has 0 amide bonds. The highest BCUT2D eigenvalue weighted by molar-refractivity contribution is 5.69. The van der Waals surface area contributed by atoms with Crippen molar-refractivity contribution in [1.29, 1.82) is 0 Å². The molecular formula is C16H16FN. The topological polar surface area (TPSA) is 12.0 Å². The second-order valence-corrected chi connectivity index (χ2v) is 4.89. The molecule has 2 aromatic rings. The molecule has 1 aliphatic rings. The van der Waals surface area contributed by atoms with Crippen LogP contribution < -0.4 is 5.32 Å². The molecule has 0 saturated heterocycles. The van der Waals surface area contributed by atoms with Crippen molar-refractivity contribution in [3.63, 3.8) is 0 Å². The van der Waals surface area contributed by atoms with Crippen LogP contribution in [0.15, 0.2) is 36.4 Å². The van der Waals surface area contributed by atoms with Crippen molar-refractivity contribution in [2.24, 2.45) is 0 Å². The van der Waals surface area contributed by atoms with E-state index in [2.05, 4.69) is 29.6 Å². The lowest BCUT2D eigenvalue weighted by Gasteiger charge is -2.20. The van der Waals surface area contributed by atoms with Gasteiger partial charge < -0.3 is 5.32 Å². The van der Waals surface area contributed by atoms with E-state index in [0.717, 1.165) is 30.6 Å². The second-order valence-electron chi connectivity index (χ2n) is 4.89. The molecule has 0 saturated carbocycles. The van der Waals surface area contributed by atoms with Gasteiger partial charge in [-0.15, -0.1) is 0 Å². The minimum absolute atomic E-state index is 0.156. The van der Waals surface area contributed by atoms with Crippen molar-refractivity contribution in [2.75, 3.05) is 6.54 Å². The van der Waals surface area contributed by atoms with Crippen molar-refractivity contribution < 1.29 is 4.39 Å². The first kappa shape index (κ1) is 11.4. The first-order valence-corrected chi connectivity index (χ1v) is 6.33. The van der Waals surface area contributed by atoms with E-state index in [1.807, 2.05) is 6.92 Å². The normalized spacial score (nSPS) is 14.3. The van der Waals surface area contributed by atoms with Crippen LogP contribution in [0.2, 0.25) is 0 Å². The van der Waals surface area contributed by atoms with Crippen LogP contribution in [-0.2, 0) is 13.0 Å². The van der Waals surface area contributed by atoms with Crippen LogP contribution in [0.4, 0.5) is 4.39 Å². The second kappa shape index (κ2) is 4.54. The van der Waals surface area contributed by atoms with Crippen LogP contribution in [0, 0.1) is 12.7 Å². The summed E-state index contributed by atoms with van der Waals surface area (Å²) in [5, 5.41) is 3.37. The first-order valence-electron chi connectivity index (χ1n) is 6.33. The Balaban J connectivity index is 2.16. The number of halogens is 1. The highest BCUT2D eigenvalue weighted by atomic mass is 19.1. The zero-order valence-electron chi connectivity index (χ0n) is 10.5. The number of rotatable bonds is 1. The third-order valence-electron chi connectivity index (χ3n) is 3.49. The van der Waals surface area contributed by atoms with E-state index in [0.29, 0.717) is 0 Å². The summed E-state index contributed by atoms with van der Waals surface area (Å²) in [6.45, 7) is 3.85. The first-order chi connectivity index (χ1) is 8.74. The van der Waals surface area contributed by atoms with E-state index in [9.17, 15) is 4.39 Å². The maximum atomic E-state index is 13.5. The molecule has 0 aromatic heterocycles. The van der Waals surface area contributed by atoms with Crippen molar-refractivity contribution >= 4 is 0 Å². The number of aryl methyl sites for hydroxylation is 1. The maximum Gasteiger partial charge on any atom is 0.124 e. The molecule has 1 N–H and O–H groups in total. The molecule has 1 aliphatic heterocycles. The summed E-state index contributed by atoms with van der Waals surface area (Å²) in [6, 6.07) is 11.6. The van der Waals surface area contributed by atoms with Crippen molar-refractivity contribution in [1.82, 2.24) is 5.32 Å². The van der Waals surface area contributed by atoms with Gasteiger partial charge in [-0.2, -0.15) is 0 Å². The lowest BCUT2D eigenvalue weighted by Crippen LogP contribution is -2.24. The quantitative estimate of drug-likeness (QED) is 0.806. The number of hydrogen-bond acceptors (Lipinski definition) is 1. The van der Waals surface area contributed by atoms with Crippen LogP contribution in [-0.4, -0.2) is 6.54 Å². The van der Waals surface area contributed by atoms with Gasteiger partial charge in [-0.05, 0) is 59.8 Å². The van der Waals surface area contributed by atoms with Crippen LogP contribution in [0.1, 0.15) is 16.7 Å². The molecule has 18 heavy (non-hydrogen) atoms. The summed E-state index contributed by atoms with van der Waals surface area (Å²) in [7, 11) is 0. The number of benzene rings is 2. The van der Waals surface area contributed by atoms with E-state index in [1.54, 1.807) is 12.1 Å². The average molecular weight is 241 g/mol. The Bertz CT molecular complexity index is 569. The van der Waals surface area contributed by atoms with Gasteiger partial charge in [-0.3, -0.25) is 0 Å². The van der Waals surface area contributed by atoms with E-state index in [4.69, 9.17) is 0 Å². The Morgan fingerprint density at radius 3 is 2.89 bits per heavy atom. The van der Waals surface area contributed by atoms with Gasteiger partial charge in [-0.1, -0.05) is 24.3 Å². The zero-order chi connectivity index (χ0) is 12.5. The Morgan fingerprint density at radius 1 is 1.17 bits per heavy atom. The predicted molar refractivity (Wildman–Crippen MR) is 72.0 cm³/mol. The van der Waals surface area contributed by atoms with E-state index in [1.165, 1.54) is 16.7 Å². The zero-order valence-corrected chi connectivity index (χ0v) is 10.5. The van der Waals surface area contributed by atoms with Gasteiger partial charge in [0.05, 0.1) is 0 Å². The van der Waals surface area contributed by atoms with Crippen LogP contribution in [0.25, 0.3) is 11.1 Å². The predicted octanol–water partition coefficient (Wildman–Crippen LogP) is 3.45. The molecule has 2 heteroatoms. The smallest absolute Gasteiger partial charge is 0.124 e. The van der Waals surface area contributed by atoms with Crippen LogP contribution >= 0.6 is 0 Å². The molecule has 0 fully saturated rings. The fourth-order valence-electron chi connectivity index (χ4n) is 2.69. The molecule has 92 valence electrons. The molecule has 1 nitrogen and oxygen atoms in total. The lowest BCUT2D eigenvalue weighted by atomic mass is 9.91. The molecule has 1 heterocycles. The lowest BCUT2D eigenvalue weighted by molar-refractivity contribution is 0.626. The van der Waals surface area contributed by atoms with E-state index < -0.39 is 0 Å². The molecule has 0 atom stereocenters. The molecular weight excluding hydrogens is 225 g/mol. The summed E-state index contributed by atoms with van der Waals surface area (Å²) >= 11 is 0. The highest BCUT2D eigenvalue weighted by Crippen LogP contribution is 2.29. The largest absolute Gasteiger partial charge is 0.312 e. The van der Waals surface area contributed by atoms with Crippen molar-refractivity contribution in [3.05, 3.63) is 58.9 Å². The molecule has 3 rings (SSSR count). The number of hydrogen-bond donors (Lipinski definition) is 1. The minimum atomic E-state index is -0.156. The van der Waals surface area contributed by atoms with Crippen molar-refractivity contribution in [3.8, 4) is 11.1 Å². The summed E-state index contributed by atoms with van der Waals surface area (Å²) in [6.07, 6.45) is 1.01. The number of nitrogens with one attached hydrogen (secondary N) is 1. The Kier molecular flexibility index (Phi) is 2.88. The summed E-state index contributed by atoms with van der Waals surface area (Å²) in [4.78, 5) is 0. The molecule has 0 unspecified atom stereocenters. The molecule has 0 aliphatic carbocycles. The number of fused-ring (bicyclic) bond motifs is 1. The fraction of sp³-hybridized carbons (Fsp3) is 0.250. The Morgan fingerprint density at radius 2 is 2.06 bits per heavy atom. The van der Waals surface area contributed by atoms with Gasteiger partial charge in [0.25, 0.3) is 0 Å². The van der Waals surface area contributed by atoms with E-state index in [-0.39, 0.29) is 5.82 Å². The molecule has 0 radical (unpaired) electrons. The van der Waals surface area contributed by atoms with Gasteiger partial charge in [0.2, 0.25) is 0 Å². The Labute approximate surface area is 107 Å². The summed E-state index contributed by atoms with van der Waals surface area (Å²) in [5.74, 6) is -0.156. The monoisotopic (exact) mass is 241 g/mol. The van der Waals surface area contributed by atoms with E-state index >= 15 is 0 Å². The third-order valence-corrected chi connectivity index (χ3v) is 3.49. The van der Waals surface area contributed by atoms with Gasteiger partial charge in [0, 0.05) is 6.54 Å². The average Bonchev–Trinajstić information content (AvgIpc) is 2.37. The fourth-order valence-corrected chi connectivity index (χ4v) is 2.69. The van der Waals surface area contributed by atoms with Gasteiger partial charge >= 0.3 is 0 Å². The third kappa shape index (κ3) is 2.04. The molecule has 0 spiro atoms. The SMILES string of the molecule is Cc1cc(F)cc(-c2cccc3c2CCNC3)c1. The van der Waals surface area contributed by atoms with Gasteiger partial charge in [-0.25, -0.2) is 4.39 Å². The van der Waals surface area contributed by atoms with Crippen molar-refractivity contribution in [2.45, 2.75) is 19.9 Å². The molecule has 0 bridgehead atoms. The van der Waals surface area contributed by atoms with Gasteiger partial charge in [0.1, 0.15) is 5.82 Å². The van der Waals surface area contributed by atoms with Crippen LogP contribution in [0.5, 0.6) is 0 Å². The summed E-state index contributed by atoms with van der Waals surface area (Å²) < 4.78 is 13.5. The minimum Gasteiger partial charge on any atom is -0.312 e. The highest BCUT2D eigenvalue weighted by Gasteiger charge is 2.14. The van der Waals surface area contributed by atoms with Crippen LogP contribution in [0.3, 0.4) is 0 Å². The van der Waals surface area contributed by atoms with Gasteiger partial charge in [0.15, 0.2) is 0 Å². The Hall–Kier alpha value is -1.67. The summed E-state index contributed by atoms with van der Waals surface area (Å²) in [5.41, 5.74) is 5.83. The standard InChI is InChI=1S/C16H16FN/c1-11-7-13(9-14(17)8-11)15-4-2-3-12-10-18-6-5-16(12)15/h2-4,7-9,18H,5-6,10H2,1H3.